The van der Waals surface area contributed by atoms with Crippen molar-refractivity contribution in [2.45, 2.75) is 23.6 Å². The minimum absolute atomic E-state index is 0.313. The average Bonchev–Trinajstić information content (AvgIpc) is 3.36. The number of ether oxygens (including phenoxy) is 1. The predicted molar refractivity (Wildman–Crippen MR) is 107 cm³/mol. The van der Waals surface area contributed by atoms with Gasteiger partial charge in [-0.2, -0.15) is 4.98 Å². The Morgan fingerprint density at radius 1 is 1.56 bits per heavy atom. The second-order valence-electron chi connectivity index (χ2n) is 6.42. The van der Waals surface area contributed by atoms with Gasteiger partial charge >= 0.3 is 0 Å². The first-order chi connectivity index (χ1) is 12.9. The summed E-state index contributed by atoms with van der Waals surface area (Å²) in [6.45, 7) is 0. The van der Waals surface area contributed by atoms with E-state index in [1.54, 1.807) is 24.3 Å². The molecule has 1 spiro atoms. The second-order valence-corrected chi connectivity index (χ2v) is 9.72. The number of nitrogens with one attached hydrogen (secondary N) is 3. The molecule has 2 aliphatic rings. The molecule has 2 aromatic rings. The van der Waals surface area contributed by atoms with Gasteiger partial charge in [-0.1, -0.05) is 17.7 Å². The molecule has 3 N–H and O–H groups in total. The van der Waals surface area contributed by atoms with Crippen LogP contribution in [0.4, 0.5) is 5.82 Å². The van der Waals surface area contributed by atoms with Crippen molar-refractivity contribution in [1.82, 2.24) is 10.3 Å². The maximum atomic E-state index is 12.5. The van der Waals surface area contributed by atoms with Crippen LogP contribution in [0.3, 0.4) is 0 Å². The molecule has 7 nitrogen and oxygen atoms in total. The van der Waals surface area contributed by atoms with Crippen LogP contribution in [0.25, 0.3) is 0 Å². The lowest BCUT2D eigenvalue weighted by atomic mass is 10.2. The zero-order valence-electron chi connectivity index (χ0n) is 14.4. The van der Waals surface area contributed by atoms with Gasteiger partial charge in [0.25, 0.3) is 5.91 Å². The van der Waals surface area contributed by atoms with Crippen LogP contribution < -0.4 is 15.4 Å². The van der Waals surface area contributed by atoms with E-state index in [2.05, 4.69) is 15.6 Å². The standard InChI is InChI=1S/C17H17ClN4O3S2/c1-25-13-4-2-3-12(21-13)22-15(23)11-7-9(18)14(26-11)10-8-27(24)17(5-6-17)16(19)20-10/h2-4,7,10H,5-6,8H2,1H3,(H2,19,20)(H,21,22,23)/t10-,27?/m0/s1. The van der Waals surface area contributed by atoms with E-state index in [1.165, 1.54) is 18.4 Å². The van der Waals surface area contributed by atoms with Crippen LogP contribution in [-0.2, 0) is 11.2 Å². The predicted octanol–water partition coefficient (Wildman–Crippen LogP) is 2.96. The number of carbonyl (C=O) groups excluding carboxylic acids is 1. The Hall–Kier alpha value is -1.81. The number of hydrogen-bond acceptors (Lipinski definition) is 6. The van der Waals surface area contributed by atoms with Gasteiger partial charge in [0.1, 0.15) is 17.6 Å². The normalized spacial score (nSPS) is 23.0. The fourth-order valence-corrected chi connectivity index (χ4v) is 6.25. The fraction of sp³-hybridized carbons (Fsp3) is 0.353. The maximum Gasteiger partial charge on any atom is 0.266 e. The van der Waals surface area contributed by atoms with Gasteiger partial charge in [-0.05, 0) is 23.3 Å². The highest BCUT2D eigenvalue weighted by atomic mass is 35.5. The summed E-state index contributed by atoms with van der Waals surface area (Å²) in [6.07, 6.45) is 1.58. The maximum absolute atomic E-state index is 12.5. The SMILES string of the molecule is COc1cccc(NC(=O)c2cc(Cl)c([C@@H]3C[S+]([O-])C4(CC4)C(=N)N3)s2)n1. The topological polar surface area (TPSA) is 110 Å². The molecule has 1 amide bonds. The van der Waals surface area contributed by atoms with Crippen LogP contribution in [0.5, 0.6) is 5.88 Å². The molecule has 2 aromatic heterocycles. The molecule has 3 heterocycles. The highest BCUT2D eigenvalue weighted by Crippen LogP contribution is 2.49. The number of thiophene rings is 1. The zero-order valence-corrected chi connectivity index (χ0v) is 16.8. The number of anilines is 1. The first kappa shape index (κ1) is 18.5. The fourth-order valence-electron chi connectivity index (χ4n) is 3.01. The van der Waals surface area contributed by atoms with Crippen LogP contribution in [-0.4, -0.2) is 38.9 Å². The smallest absolute Gasteiger partial charge is 0.266 e. The number of amides is 1. The third-order valence-electron chi connectivity index (χ3n) is 4.66. The number of hydrogen-bond donors (Lipinski definition) is 3. The molecule has 1 saturated heterocycles. The average molecular weight is 425 g/mol. The van der Waals surface area contributed by atoms with E-state index < -0.39 is 15.9 Å². The summed E-state index contributed by atoms with van der Waals surface area (Å²) in [5.74, 6) is 1.15. The van der Waals surface area contributed by atoms with Gasteiger partial charge in [0.05, 0.1) is 21.9 Å². The molecular formula is C17H17ClN4O3S2. The van der Waals surface area contributed by atoms with Gasteiger partial charge < -0.3 is 19.9 Å². The Morgan fingerprint density at radius 2 is 2.33 bits per heavy atom. The van der Waals surface area contributed by atoms with E-state index in [9.17, 15) is 9.35 Å². The number of carbonyl (C=O) groups is 1. The number of pyridine rings is 1. The van der Waals surface area contributed by atoms with Crippen molar-refractivity contribution in [2.24, 2.45) is 0 Å². The summed E-state index contributed by atoms with van der Waals surface area (Å²) in [6, 6.07) is 6.35. The lowest BCUT2D eigenvalue weighted by Crippen LogP contribution is -2.51. The molecule has 10 heteroatoms. The first-order valence-corrected chi connectivity index (χ1v) is 10.8. The number of amidine groups is 1. The van der Waals surface area contributed by atoms with E-state index >= 15 is 0 Å². The van der Waals surface area contributed by atoms with Crippen molar-refractivity contribution < 1.29 is 14.1 Å². The molecule has 1 saturated carbocycles. The summed E-state index contributed by atoms with van der Waals surface area (Å²) in [5, 5.41) is 14.4. The molecule has 27 heavy (non-hydrogen) atoms. The Balaban J connectivity index is 1.51. The number of halogens is 1. The quantitative estimate of drug-likeness (QED) is 0.653. The monoisotopic (exact) mass is 424 g/mol. The van der Waals surface area contributed by atoms with Crippen molar-refractivity contribution >= 4 is 51.7 Å². The molecule has 1 unspecified atom stereocenters. The summed E-state index contributed by atoms with van der Waals surface area (Å²) in [4.78, 5) is 17.8. The van der Waals surface area contributed by atoms with Gasteiger partial charge in [0.15, 0.2) is 10.6 Å². The Kier molecular flexibility index (Phi) is 4.79. The first-order valence-electron chi connectivity index (χ1n) is 8.28. The van der Waals surface area contributed by atoms with Gasteiger partial charge in [-0.3, -0.25) is 10.2 Å². The van der Waals surface area contributed by atoms with Crippen molar-refractivity contribution in [1.29, 1.82) is 5.41 Å². The lowest BCUT2D eigenvalue weighted by Gasteiger charge is -2.33. The van der Waals surface area contributed by atoms with Gasteiger partial charge in [-0.15, -0.1) is 11.3 Å². The van der Waals surface area contributed by atoms with Crippen molar-refractivity contribution in [3.05, 3.63) is 39.0 Å². The third kappa shape index (κ3) is 3.40. The van der Waals surface area contributed by atoms with Crippen molar-refractivity contribution in [3.63, 3.8) is 0 Å². The van der Waals surface area contributed by atoms with E-state index in [1.807, 2.05) is 0 Å². The van der Waals surface area contributed by atoms with Crippen molar-refractivity contribution in [3.8, 4) is 5.88 Å². The molecule has 0 radical (unpaired) electrons. The van der Waals surface area contributed by atoms with Crippen molar-refractivity contribution in [2.75, 3.05) is 18.2 Å². The lowest BCUT2D eigenvalue weighted by molar-refractivity contribution is 0.103. The molecule has 1 aliphatic heterocycles. The number of rotatable bonds is 4. The summed E-state index contributed by atoms with van der Waals surface area (Å²) in [7, 11) is 1.50. The van der Waals surface area contributed by atoms with Gasteiger partial charge in [0.2, 0.25) is 5.88 Å². The summed E-state index contributed by atoms with van der Waals surface area (Å²) >= 11 is 6.46. The van der Waals surface area contributed by atoms with Crippen LogP contribution >= 0.6 is 22.9 Å². The van der Waals surface area contributed by atoms with E-state index in [0.29, 0.717) is 38.1 Å². The van der Waals surface area contributed by atoms with E-state index in [0.717, 1.165) is 12.8 Å². The Bertz CT molecular complexity index is 915. The number of methoxy groups -OCH3 is 1. The molecular weight excluding hydrogens is 408 g/mol. The molecule has 2 atom stereocenters. The zero-order chi connectivity index (χ0) is 19.2. The van der Waals surface area contributed by atoms with Crippen LogP contribution in [0, 0.1) is 5.41 Å². The van der Waals surface area contributed by atoms with E-state index in [4.69, 9.17) is 21.7 Å². The summed E-state index contributed by atoms with van der Waals surface area (Å²) in [5.41, 5.74) is 0. The summed E-state index contributed by atoms with van der Waals surface area (Å²) < 4.78 is 17.1. The number of aromatic nitrogens is 1. The minimum atomic E-state index is -1.11. The molecule has 0 bridgehead atoms. The second kappa shape index (κ2) is 6.97. The molecule has 0 aromatic carbocycles. The van der Waals surface area contributed by atoms with E-state index in [-0.39, 0.29) is 11.9 Å². The largest absolute Gasteiger partial charge is 0.616 e. The number of nitrogens with zero attached hydrogens (tertiary/aromatic N) is 1. The molecule has 2 fully saturated rings. The third-order valence-corrected chi connectivity index (χ3v) is 8.45. The van der Waals surface area contributed by atoms with Crippen LogP contribution in [0.2, 0.25) is 5.02 Å². The van der Waals surface area contributed by atoms with Crippen LogP contribution in [0.15, 0.2) is 24.3 Å². The Morgan fingerprint density at radius 3 is 3.00 bits per heavy atom. The van der Waals surface area contributed by atoms with Gasteiger partial charge in [-0.25, -0.2) is 0 Å². The van der Waals surface area contributed by atoms with Crippen LogP contribution in [0.1, 0.15) is 33.4 Å². The highest BCUT2D eigenvalue weighted by Gasteiger charge is 2.61. The van der Waals surface area contributed by atoms with Gasteiger partial charge in [0, 0.05) is 18.9 Å². The molecule has 142 valence electrons. The highest BCUT2D eigenvalue weighted by molar-refractivity contribution is 7.94. The molecule has 4 rings (SSSR count). The Labute approximate surface area is 168 Å². The minimum Gasteiger partial charge on any atom is -0.616 e. The molecule has 1 aliphatic carbocycles.